The number of nitrogens with two attached hydrogens (primary N) is 2. The molecule has 2 atom stereocenters. The van der Waals surface area contributed by atoms with Crippen LogP contribution in [-0.4, -0.2) is 50.2 Å². The van der Waals surface area contributed by atoms with Gasteiger partial charge in [-0.1, -0.05) is 38.5 Å². The van der Waals surface area contributed by atoms with Gasteiger partial charge in [-0.3, -0.25) is 9.80 Å². The molecule has 1 heterocycles. The summed E-state index contributed by atoms with van der Waals surface area (Å²) < 4.78 is 5.19. The number of amides is 1. The van der Waals surface area contributed by atoms with Gasteiger partial charge in [-0.05, 0) is 63.1 Å². The molecule has 1 aliphatic rings. The van der Waals surface area contributed by atoms with Crippen LogP contribution in [0.1, 0.15) is 52.0 Å². The first-order chi connectivity index (χ1) is 15.2. The van der Waals surface area contributed by atoms with Gasteiger partial charge in [0, 0.05) is 32.8 Å². The summed E-state index contributed by atoms with van der Waals surface area (Å²) in [6, 6.07) is 8.07. The molecule has 1 saturated heterocycles. The van der Waals surface area contributed by atoms with E-state index in [2.05, 4.69) is 26.1 Å². The zero-order valence-electron chi connectivity index (χ0n) is 20.6. The van der Waals surface area contributed by atoms with Gasteiger partial charge in [0.1, 0.15) is 5.70 Å². The lowest BCUT2D eigenvalue weighted by atomic mass is 9.95. The summed E-state index contributed by atoms with van der Waals surface area (Å²) in [5.74, 6) is 7.27. The Labute approximate surface area is 194 Å². The largest absolute Gasteiger partial charge is 0.393 e. The molecule has 1 amide bonds. The number of nitrogens with one attached hydrogen (secondary N) is 1. The minimum Gasteiger partial charge on any atom is -0.393 e. The van der Waals surface area contributed by atoms with E-state index in [1.807, 2.05) is 36.1 Å². The molecule has 1 fully saturated rings. The molecule has 0 aliphatic carbocycles. The number of rotatable bonds is 11. The Kier molecular flexibility index (Phi) is 10.5. The quantitative estimate of drug-likeness (QED) is 0.210. The maximum atomic E-state index is 13.7. The second-order valence-electron chi connectivity index (χ2n) is 9.52. The van der Waals surface area contributed by atoms with Gasteiger partial charge in [0.2, 0.25) is 0 Å². The van der Waals surface area contributed by atoms with E-state index < -0.39 is 0 Å². The number of unbranched alkanes of at least 4 members (excludes halogenated alkanes) is 1. The second kappa shape index (κ2) is 12.8. The molecular weight excluding hydrogens is 402 g/mol. The minimum atomic E-state index is -0.121. The molecule has 5 N–H and O–H groups in total. The minimum absolute atomic E-state index is 0.121. The Hall–Kier alpha value is -2.09. The molecule has 1 aromatic carbocycles. The third-order valence-electron chi connectivity index (χ3n) is 5.97. The first-order valence-electron chi connectivity index (χ1n) is 11.8. The molecular formula is C25H43N5O2. The molecule has 0 spiro atoms. The Morgan fingerprint density at radius 1 is 1.22 bits per heavy atom. The number of piperidine rings is 1. The van der Waals surface area contributed by atoms with E-state index in [9.17, 15) is 4.79 Å². The van der Waals surface area contributed by atoms with Crippen molar-refractivity contribution in [3.63, 3.8) is 0 Å². The van der Waals surface area contributed by atoms with Crippen LogP contribution in [0.5, 0.6) is 0 Å². The summed E-state index contributed by atoms with van der Waals surface area (Å²) in [6.07, 6.45) is 3.30. The number of hydrogen-bond donors (Lipinski definition) is 3. The highest BCUT2D eigenvalue weighted by Crippen LogP contribution is 2.24. The number of ether oxygens (including phenoxy) is 1. The highest BCUT2D eigenvalue weighted by Gasteiger charge is 2.31. The van der Waals surface area contributed by atoms with Gasteiger partial charge in [-0.15, -0.1) is 0 Å². The van der Waals surface area contributed by atoms with Crippen LogP contribution in [0.25, 0.3) is 0 Å². The number of anilines is 1. The fourth-order valence-corrected chi connectivity index (χ4v) is 4.22. The van der Waals surface area contributed by atoms with Crippen LogP contribution in [0, 0.1) is 18.8 Å². The summed E-state index contributed by atoms with van der Waals surface area (Å²) in [4.78, 5) is 15.7. The highest BCUT2D eigenvalue weighted by molar-refractivity contribution is 5.94. The van der Waals surface area contributed by atoms with Gasteiger partial charge in [-0.25, -0.2) is 5.84 Å². The molecule has 0 radical (unpaired) electrons. The number of aryl methyl sites for hydroxylation is 1. The number of allylic oxidation sites excluding steroid dienone is 1. The molecule has 7 nitrogen and oxygen atoms in total. The number of carbonyl (C=O) groups is 1. The van der Waals surface area contributed by atoms with Gasteiger partial charge in [0.05, 0.1) is 11.4 Å². The SMILES string of the molecule is COCCCC/C(=C(/N)C(=O)N(CC(C)C)[C@@H]1CNCC(C)C1)N(N)c1ccc(C)cc1. The van der Waals surface area contributed by atoms with Crippen LogP contribution in [0.15, 0.2) is 35.7 Å². The van der Waals surface area contributed by atoms with Crippen molar-refractivity contribution in [3.8, 4) is 0 Å². The lowest BCUT2D eigenvalue weighted by Crippen LogP contribution is -2.53. The first-order valence-corrected chi connectivity index (χ1v) is 11.8. The number of carbonyl (C=O) groups excluding carboxylic acids is 1. The standard InChI is InChI=1S/C25H43N5O2/c1-18(2)17-29(22-14-20(4)15-28-16-22)25(31)24(26)23(8-6-7-13-32-5)30(27)21-11-9-19(3)10-12-21/h9-12,18,20,22,28H,6-8,13-17,26-27H2,1-5H3/b24-23-/t20?,22-/m0/s1. The molecule has 180 valence electrons. The second-order valence-corrected chi connectivity index (χ2v) is 9.52. The Morgan fingerprint density at radius 3 is 2.50 bits per heavy atom. The summed E-state index contributed by atoms with van der Waals surface area (Å²) in [5, 5.41) is 5.04. The third-order valence-corrected chi connectivity index (χ3v) is 5.97. The van der Waals surface area contributed by atoms with Gasteiger partial charge in [-0.2, -0.15) is 0 Å². The number of nitrogens with zero attached hydrogens (tertiary/aromatic N) is 2. The topological polar surface area (TPSA) is 96.8 Å². The zero-order valence-corrected chi connectivity index (χ0v) is 20.6. The summed E-state index contributed by atoms with van der Waals surface area (Å²) in [7, 11) is 1.69. The maximum absolute atomic E-state index is 13.7. The third kappa shape index (κ3) is 7.50. The number of methoxy groups -OCH3 is 1. The average Bonchev–Trinajstić information content (AvgIpc) is 2.76. The lowest BCUT2D eigenvalue weighted by Gasteiger charge is -2.38. The van der Waals surface area contributed by atoms with Crippen molar-refractivity contribution < 1.29 is 9.53 Å². The molecule has 1 aromatic rings. The normalized spacial score (nSPS) is 19.6. The molecule has 1 unspecified atom stereocenters. The van der Waals surface area contributed by atoms with Crippen molar-refractivity contribution in [2.75, 3.05) is 38.4 Å². The molecule has 1 aliphatic heterocycles. The first kappa shape index (κ1) is 26.2. The van der Waals surface area contributed by atoms with Crippen molar-refractivity contribution in [1.29, 1.82) is 0 Å². The van der Waals surface area contributed by atoms with Crippen LogP contribution in [-0.2, 0) is 9.53 Å². The monoisotopic (exact) mass is 445 g/mol. The van der Waals surface area contributed by atoms with Crippen LogP contribution in [0.4, 0.5) is 5.69 Å². The van der Waals surface area contributed by atoms with Gasteiger partial charge < -0.3 is 20.7 Å². The predicted molar refractivity (Wildman–Crippen MR) is 132 cm³/mol. The van der Waals surface area contributed by atoms with Crippen LogP contribution >= 0.6 is 0 Å². The van der Waals surface area contributed by atoms with E-state index in [-0.39, 0.29) is 17.6 Å². The molecule has 2 rings (SSSR count). The lowest BCUT2D eigenvalue weighted by molar-refractivity contribution is -0.130. The highest BCUT2D eigenvalue weighted by atomic mass is 16.5. The Bertz CT molecular complexity index is 747. The molecule has 32 heavy (non-hydrogen) atoms. The van der Waals surface area contributed by atoms with E-state index >= 15 is 0 Å². The van der Waals surface area contributed by atoms with E-state index in [1.54, 1.807) is 12.1 Å². The van der Waals surface area contributed by atoms with Gasteiger partial charge >= 0.3 is 0 Å². The Balaban J connectivity index is 2.35. The van der Waals surface area contributed by atoms with E-state index in [4.69, 9.17) is 16.3 Å². The van der Waals surface area contributed by atoms with Crippen LogP contribution in [0.3, 0.4) is 0 Å². The smallest absolute Gasteiger partial charge is 0.271 e. The Morgan fingerprint density at radius 2 is 1.91 bits per heavy atom. The number of hydrogen-bond acceptors (Lipinski definition) is 6. The molecule has 0 saturated carbocycles. The zero-order chi connectivity index (χ0) is 23.7. The molecule has 0 aromatic heterocycles. The summed E-state index contributed by atoms with van der Waals surface area (Å²) in [6.45, 7) is 11.6. The summed E-state index contributed by atoms with van der Waals surface area (Å²) >= 11 is 0. The predicted octanol–water partition coefficient (Wildman–Crippen LogP) is 3.14. The number of hydrazine groups is 1. The van der Waals surface area contributed by atoms with Gasteiger partial charge in [0.15, 0.2) is 0 Å². The fourth-order valence-electron chi connectivity index (χ4n) is 4.22. The van der Waals surface area contributed by atoms with E-state index in [1.165, 1.54) is 0 Å². The average molecular weight is 446 g/mol. The van der Waals surface area contributed by atoms with E-state index in [0.717, 1.165) is 43.6 Å². The number of benzene rings is 1. The summed E-state index contributed by atoms with van der Waals surface area (Å²) in [5.41, 5.74) is 9.45. The fraction of sp³-hybridized carbons (Fsp3) is 0.640. The molecule has 7 heteroatoms. The molecule has 0 bridgehead atoms. The van der Waals surface area contributed by atoms with E-state index in [0.29, 0.717) is 37.1 Å². The van der Waals surface area contributed by atoms with Crippen molar-refractivity contribution in [1.82, 2.24) is 10.2 Å². The van der Waals surface area contributed by atoms with Crippen molar-refractivity contribution in [2.45, 2.75) is 59.4 Å². The van der Waals surface area contributed by atoms with Crippen molar-refractivity contribution >= 4 is 11.6 Å². The van der Waals surface area contributed by atoms with Crippen molar-refractivity contribution in [3.05, 3.63) is 41.2 Å². The van der Waals surface area contributed by atoms with Crippen molar-refractivity contribution in [2.24, 2.45) is 23.4 Å². The van der Waals surface area contributed by atoms with Crippen LogP contribution in [0.2, 0.25) is 0 Å². The maximum Gasteiger partial charge on any atom is 0.271 e. The van der Waals surface area contributed by atoms with Gasteiger partial charge in [0.25, 0.3) is 5.91 Å². The van der Waals surface area contributed by atoms with Crippen LogP contribution < -0.4 is 21.9 Å².